The Morgan fingerprint density at radius 1 is 1.22 bits per heavy atom. The molecule has 1 amide bonds. The van der Waals surface area contributed by atoms with Gasteiger partial charge in [-0.1, -0.05) is 0 Å². The molecule has 1 aromatic rings. The fraction of sp³-hybridized carbons (Fsp3) is 0.571. The standard InChI is InChI=1S/C14H18N2O2/c17-13(16-6-1-2-7-16)10-15-8-5-12(9-15)14(18)11-3-4-11/h5,8-9,11H,1-4,6-7,10H2. The molecule has 4 nitrogen and oxygen atoms in total. The summed E-state index contributed by atoms with van der Waals surface area (Å²) in [6.07, 6.45) is 7.93. The molecule has 0 spiro atoms. The van der Waals surface area contributed by atoms with E-state index in [9.17, 15) is 9.59 Å². The Balaban J connectivity index is 1.62. The summed E-state index contributed by atoms with van der Waals surface area (Å²) in [6, 6.07) is 1.83. The third-order valence-electron chi connectivity index (χ3n) is 3.76. The van der Waals surface area contributed by atoms with Gasteiger partial charge in [0.1, 0.15) is 6.54 Å². The molecular weight excluding hydrogens is 228 g/mol. The first-order valence-electron chi connectivity index (χ1n) is 6.72. The van der Waals surface area contributed by atoms with E-state index in [-0.39, 0.29) is 17.6 Å². The Hall–Kier alpha value is -1.58. The largest absolute Gasteiger partial charge is 0.344 e. The van der Waals surface area contributed by atoms with Crippen LogP contribution >= 0.6 is 0 Å². The molecular formula is C14H18N2O2. The zero-order valence-corrected chi connectivity index (χ0v) is 10.5. The summed E-state index contributed by atoms with van der Waals surface area (Å²) in [4.78, 5) is 25.7. The summed E-state index contributed by atoms with van der Waals surface area (Å²) in [5, 5.41) is 0. The number of carbonyl (C=O) groups excluding carboxylic acids is 2. The summed E-state index contributed by atoms with van der Waals surface area (Å²) in [6.45, 7) is 2.12. The minimum Gasteiger partial charge on any atom is -0.344 e. The second-order valence-corrected chi connectivity index (χ2v) is 5.30. The summed E-state index contributed by atoms with van der Waals surface area (Å²) in [5.41, 5.74) is 0.756. The Kier molecular flexibility index (Phi) is 2.94. The van der Waals surface area contributed by atoms with Gasteiger partial charge in [-0.3, -0.25) is 9.59 Å². The number of Topliss-reactive ketones (excluding diaryl/α,β-unsaturated/α-hetero) is 1. The van der Waals surface area contributed by atoms with Gasteiger partial charge < -0.3 is 9.47 Å². The number of rotatable bonds is 4. The predicted octanol–water partition coefficient (Wildman–Crippen LogP) is 1.70. The van der Waals surface area contributed by atoms with Crippen LogP contribution in [0.5, 0.6) is 0 Å². The van der Waals surface area contributed by atoms with Gasteiger partial charge in [-0.2, -0.15) is 0 Å². The van der Waals surface area contributed by atoms with Crippen LogP contribution in [0.3, 0.4) is 0 Å². The highest BCUT2D eigenvalue weighted by Gasteiger charge is 2.30. The Bertz CT molecular complexity index is 468. The smallest absolute Gasteiger partial charge is 0.242 e. The maximum atomic E-state index is 12.0. The van der Waals surface area contributed by atoms with E-state index < -0.39 is 0 Å². The van der Waals surface area contributed by atoms with E-state index in [0.29, 0.717) is 6.54 Å². The third-order valence-corrected chi connectivity index (χ3v) is 3.76. The van der Waals surface area contributed by atoms with Crippen molar-refractivity contribution < 1.29 is 9.59 Å². The van der Waals surface area contributed by atoms with E-state index >= 15 is 0 Å². The quantitative estimate of drug-likeness (QED) is 0.759. The number of amides is 1. The molecule has 0 N–H and O–H groups in total. The van der Waals surface area contributed by atoms with Gasteiger partial charge in [0.25, 0.3) is 0 Å². The van der Waals surface area contributed by atoms with Gasteiger partial charge in [0.2, 0.25) is 5.91 Å². The molecule has 1 aromatic heterocycles. The van der Waals surface area contributed by atoms with Crippen molar-refractivity contribution in [2.24, 2.45) is 5.92 Å². The number of hydrogen-bond acceptors (Lipinski definition) is 2. The molecule has 0 atom stereocenters. The normalized spacial score (nSPS) is 19.2. The minimum atomic E-state index is 0.161. The second-order valence-electron chi connectivity index (χ2n) is 5.30. The lowest BCUT2D eigenvalue weighted by atomic mass is 10.1. The van der Waals surface area contributed by atoms with Gasteiger partial charge in [-0.15, -0.1) is 0 Å². The van der Waals surface area contributed by atoms with E-state index in [1.165, 1.54) is 0 Å². The van der Waals surface area contributed by atoms with Crippen molar-refractivity contribution in [3.05, 3.63) is 24.0 Å². The maximum absolute atomic E-state index is 12.0. The summed E-state index contributed by atoms with van der Waals surface area (Å²) in [5.74, 6) is 0.644. The molecule has 0 unspecified atom stereocenters. The fourth-order valence-corrected chi connectivity index (χ4v) is 2.49. The molecule has 1 saturated carbocycles. The topological polar surface area (TPSA) is 42.3 Å². The third kappa shape index (κ3) is 2.33. The first-order valence-corrected chi connectivity index (χ1v) is 6.72. The van der Waals surface area contributed by atoms with Crippen LogP contribution in [-0.4, -0.2) is 34.2 Å². The van der Waals surface area contributed by atoms with Crippen LogP contribution in [0.25, 0.3) is 0 Å². The molecule has 2 heterocycles. The highest BCUT2D eigenvalue weighted by molar-refractivity contribution is 5.99. The molecule has 4 heteroatoms. The molecule has 2 aliphatic rings. The van der Waals surface area contributed by atoms with Crippen LogP contribution in [-0.2, 0) is 11.3 Å². The number of hydrogen-bond donors (Lipinski definition) is 0. The molecule has 1 aliphatic carbocycles. The number of likely N-dealkylation sites (tertiary alicyclic amines) is 1. The SMILES string of the molecule is O=C(c1ccn(CC(=O)N2CCCC2)c1)C1CC1. The maximum Gasteiger partial charge on any atom is 0.242 e. The van der Waals surface area contributed by atoms with Crippen LogP contribution in [0.15, 0.2) is 18.5 Å². The highest BCUT2D eigenvalue weighted by Crippen LogP contribution is 2.32. The van der Waals surface area contributed by atoms with Crippen LogP contribution in [0.2, 0.25) is 0 Å². The average molecular weight is 246 g/mol. The number of ketones is 1. The zero-order valence-electron chi connectivity index (χ0n) is 10.5. The number of carbonyl (C=O) groups is 2. The van der Waals surface area contributed by atoms with E-state index in [1.54, 1.807) is 0 Å². The predicted molar refractivity (Wildman–Crippen MR) is 67.3 cm³/mol. The second kappa shape index (κ2) is 4.59. The van der Waals surface area contributed by atoms with Gasteiger partial charge in [0.05, 0.1) is 0 Å². The highest BCUT2D eigenvalue weighted by atomic mass is 16.2. The molecule has 1 aliphatic heterocycles. The molecule has 18 heavy (non-hydrogen) atoms. The molecule has 0 aromatic carbocycles. The van der Waals surface area contributed by atoms with Crippen LogP contribution in [0.4, 0.5) is 0 Å². The van der Waals surface area contributed by atoms with E-state index in [2.05, 4.69) is 0 Å². The van der Waals surface area contributed by atoms with Crippen molar-refractivity contribution in [2.75, 3.05) is 13.1 Å². The summed E-state index contributed by atoms with van der Waals surface area (Å²) in [7, 11) is 0. The molecule has 0 bridgehead atoms. The van der Waals surface area contributed by atoms with Gasteiger partial charge in [-0.25, -0.2) is 0 Å². The number of nitrogens with zero attached hydrogens (tertiary/aromatic N) is 2. The van der Waals surface area contributed by atoms with Crippen molar-refractivity contribution in [1.82, 2.24) is 9.47 Å². The van der Waals surface area contributed by atoms with Crippen molar-refractivity contribution in [3.8, 4) is 0 Å². The van der Waals surface area contributed by atoms with Crippen molar-refractivity contribution in [1.29, 1.82) is 0 Å². The van der Waals surface area contributed by atoms with Gasteiger partial charge in [-0.05, 0) is 31.7 Å². The summed E-state index contributed by atoms with van der Waals surface area (Å²) >= 11 is 0. The molecule has 96 valence electrons. The first kappa shape index (κ1) is 11.5. The first-order chi connectivity index (χ1) is 8.74. The van der Waals surface area contributed by atoms with E-state index in [1.807, 2.05) is 27.9 Å². The Morgan fingerprint density at radius 3 is 2.61 bits per heavy atom. The molecule has 3 rings (SSSR count). The van der Waals surface area contributed by atoms with Crippen LogP contribution in [0, 0.1) is 5.92 Å². The fourth-order valence-electron chi connectivity index (χ4n) is 2.49. The monoisotopic (exact) mass is 246 g/mol. The molecule has 2 fully saturated rings. The lowest BCUT2D eigenvalue weighted by molar-refractivity contribution is -0.130. The van der Waals surface area contributed by atoms with Crippen molar-refractivity contribution >= 4 is 11.7 Å². The Morgan fingerprint density at radius 2 is 1.94 bits per heavy atom. The van der Waals surface area contributed by atoms with E-state index in [4.69, 9.17) is 0 Å². The van der Waals surface area contributed by atoms with Gasteiger partial charge in [0.15, 0.2) is 5.78 Å². The number of aromatic nitrogens is 1. The molecule has 1 saturated heterocycles. The molecule has 0 radical (unpaired) electrons. The lowest BCUT2D eigenvalue weighted by Crippen LogP contribution is -2.30. The van der Waals surface area contributed by atoms with Crippen LogP contribution < -0.4 is 0 Å². The Labute approximate surface area is 107 Å². The zero-order chi connectivity index (χ0) is 12.5. The minimum absolute atomic E-state index is 0.161. The van der Waals surface area contributed by atoms with Crippen molar-refractivity contribution in [3.63, 3.8) is 0 Å². The van der Waals surface area contributed by atoms with Crippen molar-refractivity contribution in [2.45, 2.75) is 32.2 Å². The van der Waals surface area contributed by atoms with E-state index in [0.717, 1.165) is 44.3 Å². The lowest BCUT2D eigenvalue weighted by Gasteiger charge is -2.15. The van der Waals surface area contributed by atoms with Crippen LogP contribution in [0.1, 0.15) is 36.0 Å². The van der Waals surface area contributed by atoms with Gasteiger partial charge >= 0.3 is 0 Å². The van der Waals surface area contributed by atoms with Gasteiger partial charge in [0, 0.05) is 37.0 Å². The summed E-state index contributed by atoms with van der Waals surface area (Å²) < 4.78 is 1.83. The average Bonchev–Trinajstić information content (AvgIpc) is 2.90.